The molecule has 6 atom stereocenters. The third kappa shape index (κ3) is 2.09. The van der Waals surface area contributed by atoms with Crippen molar-refractivity contribution in [2.45, 2.75) is 55.2 Å². The molecule has 1 aliphatic carbocycles. The predicted molar refractivity (Wildman–Crippen MR) is 50.0 cm³/mol. The molecule has 2 aliphatic heterocycles. The van der Waals surface area contributed by atoms with Crippen LogP contribution in [-0.2, 0) is 34.0 Å². The molecule has 0 amide bonds. The van der Waals surface area contributed by atoms with Crippen LogP contribution in [0.2, 0.25) is 0 Å². The molecule has 0 aromatic rings. The molecule has 3 aliphatic rings. The van der Waals surface area contributed by atoms with Crippen LogP contribution in [-0.4, -0.2) is 51.6 Å². The molecule has 0 radical (unpaired) electrons. The molecule has 99 valence electrons. The Hall–Kier alpha value is 0.409. The van der Waals surface area contributed by atoms with Crippen LogP contribution in [0.3, 0.4) is 0 Å². The molecule has 0 aromatic heterocycles. The topological polar surface area (TPSA) is 88.5 Å². The molecule has 0 bridgehead atoms. The molecule has 6 nitrogen and oxygen atoms in total. The number of ether oxygens (including phenoxy) is 3. The van der Waals surface area contributed by atoms with Gasteiger partial charge in [-0.1, -0.05) is 11.6 Å². The third-order valence-corrected chi connectivity index (χ3v) is 3.58. The number of alkyl halides is 1. The quantitative estimate of drug-likeness (QED) is 0.355. The first kappa shape index (κ1) is 13.8. The van der Waals surface area contributed by atoms with Crippen LogP contribution < -0.4 is 0 Å². The van der Waals surface area contributed by atoms with Gasteiger partial charge in [0, 0.05) is 0 Å². The van der Waals surface area contributed by atoms with E-state index in [2.05, 4.69) is 0 Å². The summed E-state index contributed by atoms with van der Waals surface area (Å²) < 4.78 is 24.4. The number of aliphatic hydroxyl groups excluding tert-OH is 1. The van der Waals surface area contributed by atoms with Gasteiger partial charge in [0.25, 0.3) is 0 Å². The Kier molecular flexibility index (Phi) is 3.43. The summed E-state index contributed by atoms with van der Waals surface area (Å²) >= 11 is 7.58. The molecule has 3 fully saturated rings. The summed E-state index contributed by atoms with van der Waals surface area (Å²) in [5.41, 5.74) is 0. The van der Waals surface area contributed by atoms with Crippen molar-refractivity contribution in [3.63, 3.8) is 0 Å². The van der Waals surface area contributed by atoms with Gasteiger partial charge in [0.05, 0.1) is 0 Å². The Morgan fingerprint density at radius 3 is 2.35 bits per heavy atom. The van der Waals surface area contributed by atoms with Gasteiger partial charge in [-0.25, -0.2) is 0 Å². The summed E-state index contributed by atoms with van der Waals surface area (Å²) in [5.74, 6) is -0.807. The Labute approximate surface area is 111 Å². The first-order valence-electron chi connectivity index (χ1n) is 5.09. The normalized spacial score (nSPS) is 54.1. The van der Waals surface area contributed by atoms with Crippen LogP contribution in [0, 0.1) is 0 Å². The van der Waals surface area contributed by atoms with Gasteiger partial charge in [-0.3, -0.25) is 0 Å². The Bertz CT molecular complexity index is 325. The molecule has 17 heavy (non-hydrogen) atoms. The summed E-state index contributed by atoms with van der Waals surface area (Å²) in [4.78, 5) is 0. The molecule has 3 rings (SSSR count). The van der Waals surface area contributed by atoms with Crippen molar-refractivity contribution >= 4 is 11.6 Å². The predicted octanol–water partition coefficient (Wildman–Crippen LogP) is -0.546. The molecule has 0 unspecified atom stereocenters. The standard InChI is InChI=1S/C9H13ClO5.Mn.O/c1-8(2)14-5-3-4(13-3)6(11)9(10,12)7(5)15-8;;/h3-7,11-12H,1-2H3;;/t3-,4+,5+,6+,7+,9+;;/m1../s1. The minimum absolute atomic E-state index is 0.217. The van der Waals surface area contributed by atoms with Gasteiger partial charge < -0.3 is 24.4 Å². The Balaban J connectivity index is 0.000000514. The maximum atomic E-state index is 9.97. The molecular weight excluding hydrogens is 294 g/mol. The molecule has 0 aromatic carbocycles. The Morgan fingerprint density at radius 1 is 1.18 bits per heavy atom. The number of fused-ring (bicyclic) bond motifs is 3. The van der Waals surface area contributed by atoms with Crippen LogP contribution >= 0.6 is 11.6 Å². The van der Waals surface area contributed by atoms with Crippen LogP contribution in [0.15, 0.2) is 0 Å². The van der Waals surface area contributed by atoms with Crippen molar-refractivity contribution < 1.29 is 44.2 Å². The minimum atomic E-state index is -1.84. The van der Waals surface area contributed by atoms with Gasteiger partial charge in [-0.15, -0.1) is 0 Å². The zero-order valence-corrected chi connectivity index (χ0v) is 11.1. The van der Waals surface area contributed by atoms with Crippen LogP contribution in [0.25, 0.3) is 0 Å². The van der Waals surface area contributed by atoms with E-state index >= 15 is 0 Å². The number of aliphatic hydroxyl groups is 2. The monoisotopic (exact) mass is 307 g/mol. The molecule has 2 N–H and O–H groups in total. The molecule has 1 saturated carbocycles. The van der Waals surface area contributed by atoms with E-state index in [1.165, 1.54) is 0 Å². The number of hydrogen-bond acceptors (Lipinski definition) is 6. The van der Waals surface area contributed by atoms with E-state index in [1.54, 1.807) is 29.8 Å². The summed E-state index contributed by atoms with van der Waals surface area (Å²) in [7, 11) is 0. The van der Waals surface area contributed by atoms with Crippen molar-refractivity contribution in [1.82, 2.24) is 0 Å². The van der Waals surface area contributed by atoms with Crippen molar-refractivity contribution in [3.05, 3.63) is 0 Å². The second-order valence-corrected chi connectivity index (χ2v) is 5.36. The molecule has 2 heterocycles. The number of hydrogen-bond donors (Lipinski definition) is 2. The fourth-order valence-corrected chi connectivity index (χ4v) is 2.69. The SMILES string of the molecule is CC1(C)O[C@H]2[C@@H]3O[C@@H]3[C@H](O)[C@@](O)(Cl)[C@H]2O1.[O]=[Mn]. The second-order valence-electron chi connectivity index (χ2n) is 4.76. The van der Waals surface area contributed by atoms with E-state index in [9.17, 15) is 10.2 Å². The average Bonchev–Trinajstić information content (AvgIpc) is 2.97. The zero-order valence-electron chi connectivity index (χ0n) is 9.17. The van der Waals surface area contributed by atoms with Gasteiger partial charge in [0.1, 0.15) is 30.5 Å². The van der Waals surface area contributed by atoms with Crippen molar-refractivity contribution in [1.29, 1.82) is 0 Å². The first-order valence-corrected chi connectivity index (χ1v) is 5.95. The fourth-order valence-electron chi connectivity index (χ4n) is 2.40. The Morgan fingerprint density at radius 2 is 1.76 bits per heavy atom. The van der Waals surface area contributed by atoms with E-state index < -0.39 is 35.3 Å². The molecule has 0 spiro atoms. The molecule has 2 saturated heterocycles. The summed E-state index contributed by atoms with van der Waals surface area (Å²) in [6.45, 7) is 3.48. The fraction of sp³-hybridized carbons (Fsp3) is 1.00. The van der Waals surface area contributed by atoms with Crippen molar-refractivity contribution in [3.8, 4) is 0 Å². The zero-order chi connectivity index (χ0) is 13.0. The van der Waals surface area contributed by atoms with E-state index in [0.717, 1.165) is 0 Å². The number of halogens is 1. The number of epoxide rings is 1. The van der Waals surface area contributed by atoms with Crippen molar-refractivity contribution in [2.75, 3.05) is 0 Å². The van der Waals surface area contributed by atoms with E-state index in [-0.39, 0.29) is 6.10 Å². The number of rotatable bonds is 0. The second kappa shape index (κ2) is 4.21. The van der Waals surface area contributed by atoms with Crippen molar-refractivity contribution in [2.24, 2.45) is 0 Å². The van der Waals surface area contributed by atoms with E-state index in [1.807, 2.05) is 0 Å². The average molecular weight is 308 g/mol. The summed E-state index contributed by atoms with van der Waals surface area (Å²) in [5, 5.41) is 17.9. The molecular formula is C9H13ClMnO6. The van der Waals surface area contributed by atoms with Gasteiger partial charge >= 0.3 is 19.8 Å². The summed E-state index contributed by atoms with van der Waals surface area (Å²) in [6, 6.07) is 0. The van der Waals surface area contributed by atoms with E-state index in [0.29, 0.717) is 0 Å². The van der Waals surface area contributed by atoms with Gasteiger partial charge in [-0.05, 0) is 13.8 Å². The van der Waals surface area contributed by atoms with Gasteiger partial charge in [0.15, 0.2) is 10.8 Å². The van der Waals surface area contributed by atoms with Gasteiger partial charge in [-0.2, -0.15) is 0 Å². The van der Waals surface area contributed by atoms with Crippen LogP contribution in [0.4, 0.5) is 0 Å². The van der Waals surface area contributed by atoms with Gasteiger partial charge in [0.2, 0.25) is 0 Å². The maximum absolute atomic E-state index is 9.97. The first-order chi connectivity index (χ1) is 7.83. The van der Waals surface area contributed by atoms with E-state index in [4.69, 9.17) is 29.6 Å². The summed E-state index contributed by atoms with van der Waals surface area (Å²) in [6.07, 6.45) is -2.95. The van der Waals surface area contributed by atoms with Crippen LogP contribution in [0.5, 0.6) is 0 Å². The molecule has 8 heteroatoms. The van der Waals surface area contributed by atoms with Crippen LogP contribution in [0.1, 0.15) is 13.8 Å². The third-order valence-electron chi connectivity index (χ3n) is 3.14.